The second-order valence-electron chi connectivity index (χ2n) is 5.94. The first kappa shape index (κ1) is 19.1. The predicted molar refractivity (Wildman–Crippen MR) is 92.6 cm³/mol. The Morgan fingerprint density at radius 2 is 1.84 bits per heavy atom. The van der Waals surface area contributed by atoms with Gasteiger partial charge in [-0.25, -0.2) is 9.59 Å². The molecule has 136 valence electrons. The van der Waals surface area contributed by atoms with Crippen LogP contribution in [0.4, 0.5) is 4.79 Å². The molecule has 0 saturated heterocycles. The smallest absolute Gasteiger partial charge is 0.340 e. The zero-order valence-electron chi connectivity index (χ0n) is 14.2. The summed E-state index contributed by atoms with van der Waals surface area (Å²) in [5, 5.41) is 4.90. The molecule has 0 heterocycles. The third-order valence-electron chi connectivity index (χ3n) is 4.00. The minimum Gasteiger partial charge on any atom is -0.449 e. The molecule has 8 heteroatoms. The van der Waals surface area contributed by atoms with Crippen LogP contribution in [0.25, 0.3) is 0 Å². The van der Waals surface area contributed by atoms with Crippen LogP contribution in [-0.2, 0) is 20.3 Å². The summed E-state index contributed by atoms with van der Waals surface area (Å²) in [7, 11) is -1.36. The molecule has 25 heavy (non-hydrogen) atoms. The molecular weight excluding hydrogens is 344 g/mol. The fourth-order valence-corrected chi connectivity index (χ4v) is 3.40. The topological polar surface area (TPSA) is 102 Å². The maximum absolute atomic E-state index is 12.2. The fourth-order valence-electron chi connectivity index (χ4n) is 2.67. The maximum atomic E-state index is 12.2. The van der Waals surface area contributed by atoms with Gasteiger partial charge in [-0.05, 0) is 31.9 Å². The van der Waals surface area contributed by atoms with E-state index in [-0.39, 0.29) is 11.6 Å². The minimum atomic E-state index is -1.36. The van der Waals surface area contributed by atoms with E-state index in [1.165, 1.54) is 19.2 Å². The number of imide groups is 1. The van der Waals surface area contributed by atoms with Crippen LogP contribution in [0.3, 0.4) is 0 Å². The van der Waals surface area contributed by atoms with Gasteiger partial charge >= 0.3 is 12.0 Å². The number of carbonyl (C=O) groups is 3. The van der Waals surface area contributed by atoms with Gasteiger partial charge in [-0.2, -0.15) is 0 Å². The first-order chi connectivity index (χ1) is 11.9. The lowest BCUT2D eigenvalue weighted by atomic mass is 10.2. The number of urea groups is 1. The summed E-state index contributed by atoms with van der Waals surface area (Å²) in [5.74, 6) is -1.47. The molecule has 0 unspecified atom stereocenters. The van der Waals surface area contributed by atoms with Crippen molar-refractivity contribution < 1.29 is 23.3 Å². The summed E-state index contributed by atoms with van der Waals surface area (Å²) in [6.45, 7) is 1.38. The van der Waals surface area contributed by atoms with Crippen molar-refractivity contribution >= 4 is 28.7 Å². The molecule has 1 aromatic carbocycles. The van der Waals surface area contributed by atoms with E-state index in [2.05, 4.69) is 10.6 Å². The number of carbonyl (C=O) groups excluding carboxylic acids is 3. The molecule has 1 fully saturated rings. The highest BCUT2D eigenvalue weighted by molar-refractivity contribution is 7.84. The summed E-state index contributed by atoms with van der Waals surface area (Å²) in [6, 6.07) is 5.82. The second kappa shape index (κ2) is 8.75. The lowest BCUT2D eigenvalue weighted by Gasteiger charge is -2.16. The number of hydrogen-bond donors (Lipinski definition) is 2. The SMILES string of the molecule is C[C@@H](OC(=O)c1ccccc1[S@](C)=O)C(=O)NC(=O)NC1CCCC1. The highest BCUT2D eigenvalue weighted by Gasteiger charge is 2.24. The molecule has 3 amide bonds. The van der Waals surface area contributed by atoms with Crippen molar-refractivity contribution in [2.45, 2.75) is 49.6 Å². The molecule has 2 rings (SSSR count). The van der Waals surface area contributed by atoms with Gasteiger partial charge in [-0.3, -0.25) is 14.3 Å². The summed E-state index contributed by atoms with van der Waals surface area (Å²) >= 11 is 0. The van der Waals surface area contributed by atoms with Gasteiger partial charge in [0.1, 0.15) is 0 Å². The lowest BCUT2D eigenvalue weighted by molar-refractivity contribution is -0.127. The van der Waals surface area contributed by atoms with E-state index < -0.39 is 34.8 Å². The quantitative estimate of drug-likeness (QED) is 0.773. The Hall–Kier alpha value is -2.22. The average molecular weight is 366 g/mol. The highest BCUT2D eigenvalue weighted by Crippen LogP contribution is 2.17. The van der Waals surface area contributed by atoms with Gasteiger partial charge in [-0.1, -0.05) is 25.0 Å². The molecule has 0 aromatic heterocycles. The Morgan fingerprint density at radius 1 is 1.20 bits per heavy atom. The van der Waals surface area contributed by atoms with Crippen molar-refractivity contribution in [2.75, 3.05) is 6.26 Å². The van der Waals surface area contributed by atoms with Gasteiger partial charge in [-0.15, -0.1) is 0 Å². The summed E-state index contributed by atoms with van der Waals surface area (Å²) in [4.78, 5) is 36.3. The van der Waals surface area contributed by atoms with Crippen LogP contribution in [0.5, 0.6) is 0 Å². The molecule has 0 spiro atoms. The number of benzene rings is 1. The Balaban J connectivity index is 1.91. The van der Waals surface area contributed by atoms with E-state index in [1.807, 2.05) is 0 Å². The lowest BCUT2D eigenvalue weighted by Crippen LogP contribution is -2.47. The van der Waals surface area contributed by atoms with Gasteiger partial charge in [0.25, 0.3) is 5.91 Å². The van der Waals surface area contributed by atoms with Crippen LogP contribution >= 0.6 is 0 Å². The molecule has 1 aliphatic carbocycles. The largest absolute Gasteiger partial charge is 0.449 e. The number of ether oxygens (including phenoxy) is 1. The number of rotatable bonds is 5. The van der Waals surface area contributed by atoms with E-state index in [4.69, 9.17) is 4.74 Å². The molecule has 1 aromatic rings. The number of amides is 3. The molecule has 1 saturated carbocycles. The van der Waals surface area contributed by atoms with Gasteiger partial charge < -0.3 is 10.1 Å². The van der Waals surface area contributed by atoms with Gasteiger partial charge in [0.2, 0.25) is 0 Å². The summed E-state index contributed by atoms with van der Waals surface area (Å²) < 4.78 is 16.8. The van der Waals surface area contributed by atoms with Gasteiger partial charge in [0, 0.05) is 12.3 Å². The summed E-state index contributed by atoms with van der Waals surface area (Å²) in [5.41, 5.74) is 0.137. The minimum absolute atomic E-state index is 0.0806. The van der Waals surface area contributed by atoms with E-state index in [9.17, 15) is 18.6 Å². The van der Waals surface area contributed by atoms with Crippen molar-refractivity contribution in [3.05, 3.63) is 29.8 Å². The first-order valence-corrected chi connectivity index (χ1v) is 9.69. The normalized spacial score (nSPS) is 16.7. The maximum Gasteiger partial charge on any atom is 0.340 e. The van der Waals surface area contributed by atoms with Crippen LogP contribution in [0.1, 0.15) is 43.0 Å². The Bertz CT molecular complexity index is 685. The third kappa shape index (κ3) is 5.38. The molecule has 2 atom stereocenters. The Labute approximate surface area is 149 Å². The van der Waals surface area contributed by atoms with Crippen molar-refractivity contribution in [3.63, 3.8) is 0 Å². The van der Waals surface area contributed by atoms with Crippen molar-refractivity contribution in [1.82, 2.24) is 10.6 Å². The number of esters is 1. The Morgan fingerprint density at radius 3 is 2.48 bits per heavy atom. The van der Waals surface area contributed by atoms with Gasteiger partial charge in [0.15, 0.2) is 6.10 Å². The monoisotopic (exact) mass is 366 g/mol. The molecular formula is C17H22N2O5S. The standard InChI is InChI=1S/C17H22N2O5S/c1-11(15(20)19-17(22)18-12-7-3-4-8-12)24-16(21)13-9-5-6-10-14(13)25(2)23/h5-6,9-12H,3-4,7-8H2,1-2H3,(H2,18,19,20,22)/t11-,25+/m1/s1. The Kier molecular flexibility index (Phi) is 6.69. The van der Waals surface area contributed by atoms with Crippen LogP contribution in [0.15, 0.2) is 29.2 Å². The van der Waals surface area contributed by atoms with Crippen LogP contribution < -0.4 is 10.6 Å². The molecule has 0 radical (unpaired) electrons. The van der Waals surface area contributed by atoms with Crippen molar-refractivity contribution in [1.29, 1.82) is 0 Å². The fraction of sp³-hybridized carbons (Fsp3) is 0.471. The van der Waals surface area contributed by atoms with Crippen LogP contribution in [-0.4, -0.2) is 40.5 Å². The molecule has 1 aliphatic rings. The highest BCUT2D eigenvalue weighted by atomic mass is 32.2. The zero-order valence-corrected chi connectivity index (χ0v) is 15.1. The molecule has 0 bridgehead atoms. The third-order valence-corrected chi connectivity index (χ3v) is 4.97. The molecule has 7 nitrogen and oxygen atoms in total. The number of nitrogens with one attached hydrogen (secondary N) is 2. The van der Waals surface area contributed by atoms with Gasteiger partial charge in [0.05, 0.1) is 21.3 Å². The van der Waals surface area contributed by atoms with E-state index in [1.54, 1.807) is 18.2 Å². The van der Waals surface area contributed by atoms with Crippen LogP contribution in [0.2, 0.25) is 0 Å². The van der Waals surface area contributed by atoms with E-state index >= 15 is 0 Å². The predicted octanol–water partition coefficient (Wildman–Crippen LogP) is 1.74. The number of hydrogen-bond acceptors (Lipinski definition) is 5. The van der Waals surface area contributed by atoms with Crippen molar-refractivity contribution in [2.24, 2.45) is 0 Å². The average Bonchev–Trinajstić information content (AvgIpc) is 3.07. The summed E-state index contributed by atoms with van der Waals surface area (Å²) in [6.07, 6.45) is 4.22. The second-order valence-corrected chi connectivity index (χ2v) is 7.29. The molecule has 2 N–H and O–H groups in total. The van der Waals surface area contributed by atoms with E-state index in [0.717, 1.165) is 25.7 Å². The van der Waals surface area contributed by atoms with Crippen molar-refractivity contribution in [3.8, 4) is 0 Å². The first-order valence-electron chi connectivity index (χ1n) is 8.13. The van der Waals surface area contributed by atoms with E-state index in [0.29, 0.717) is 4.90 Å². The zero-order chi connectivity index (χ0) is 18.4. The molecule has 0 aliphatic heterocycles. The van der Waals surface area contributed by atoms with Crippen LogP contribution in [0, 0.1) is 0 Å².